The topological polar surface area (TPSA) is 112 Å². The van der Waals surface area contributed by atoms with Crippen LogP contribution in [0.15, 0.2) is 81.7 Å². The summed E-state index contributed by atoms with van der Waals surface area (Å²) in [5, 5.41) is 28.0. The molecule has 5 aromatic rings. The summed E-state index contributed by atoms with van der Waals surface area (Å²) < 4.78 is 11.1. The zero-order valence-electron chi connectivity index (χ0n) is 21.4. The van der Waals surface area contributed by atoms with Gasteiger partial charge in [0.2, 0.25) is 5.91 Å². The monoisotopic (exact) mass is 505 g/mol. The molecule has 1 unspecified atom stereocenters. The van der Waals surface area contributed by atoms with Gasteiger partial charge in [-0.05, 0) is 73.4 Å². The predicted molar refractivity (Wildman–Crippen MR) is 142 cm³/mol. The second-order valence-electron chi connectivity index (χ2n) is 9.43. The average Bonchev–Trinajstić information content (AvgIpc) is 3.49. The van der Waals surface area contributed by atoms with Crippen molar-refractivity contribution < 1.29 is 18.8 Å². The molecule has 0 radical (unpaired) electrons. The van der Waals surface area contributed by atoms with E-state index in [0.29, 0.717) is 33.9 Å². The van der Waals surface area contributed by atoms with Crippen molar-refractivity contribution in [2.24, 2.45) is 0 Å². The van der Waals surface area contributed by atoms with Crippen molar-refractivity contribution in [1.82, 2.24) is 10.5 Å². The molecule has 0 saturated carbocycles. The lowest BCUT2D eigenvalue weighted by molar-refractivity contribution is -0.120. The molecule has 5 rings (SSSR count). The highest BCUT2D eigenvalue weighted by atomic mass is 16.5. The number of amides is 1. The number of nitrogens with zero attached hydrogens (tertiary/aromatic N) is 2. The number of aliphatic hydroxyl groups excluding tert-OH is 1. The van der Waals surface area contributed by atoms with Crippen LogP contribution in [-0.4, -0.2) is 16.2 Å². The highest BCUT2D eigenvalue weighted by Gasteiger charge is 2.24. The molecule has 1 amide bonds. The Bertz CT molecular complexity index is 1640. The summed E-state index contributed by atoms with van der Waals surface area (Å²) in [5.74, 6) is 0.788. The van der Waals surface area contributed by atoms with Gasteiger partial charge in [0.25, 0.3) is 0 Å². The minimum Gasteiger partial charge on any atom is -0.458 e. The maximum atomic E-state index is 13.2. The summed E-state index contributed by atoms with van der Waals surface area (Å²) in [5.41, 5.74) is 6.04. The molecule has 3 aromatic carbocycles. The van der Waals surface area contributed by atoms with E-state index in [2.05, 4.69) is 16.5 Å². The molecule has 0 aliphatic heterocycles. The molecule has 7 heteroatoms. The van der Waals surface area contributed by atoms with E-state index in [1.165, 1.54) is 0 Å². The van der Waals surface area contributed by atoms with Gasteiger partial charge in [0.05, 0.1) is 35.4 Å². The molecular weight excluding hydrogens is 478 g/mol. The van der Waals surface area contributed by atoms with Crippen LogP contribution in [0.3, 0.4) is 0 Å². The number of hydrogen-bond acceptors (Lipinski definition) is 6. The van der Waals surface area contributed by atoms with Crippen molar-refractivity contribution in [3.05, 3.63) is 123 Å². The second kappa shape index (κ2) is 10.4. The molecule has 2 N–H and O–H groups in total. The van der Waals surface area contributed by atoms with Crippen molar-refractivity contribution in [1.29, 1.82) is 5.26 Å². The lowest BCUT2D eigenvalue weighted by Gasteiger charge is -2.22. The fraction of sp³-hybridized carbons (Fsp3) is 0.194. The van der Waals surface area contributed by atoms with Gasteiger partial charge in [-0.1, -0.05) is 47.6 Å². The lowest BCUT2D eigenvalue weighted by atomic mass is 9.93. The maximum absolute atomic E-state index is 13.2. The summed E-state index contributed by atoms with van der Waals surface area (Å²) in [4.78, 5) is 13.2. The third kappa shape index (κ3) is 4.95. The quantitative estimate of drug-likeness (QED) is 0.291. The third-order valence-corrected chi connectivity index (χ3v) is 6.74. The van der Waals surface area contributed by atoms with Crippen LogP contribution < -0.4 is 5.32 Å². The number of carbonyl (C=O) groups is 1. The Morgan fingerprint density at radius 2 is 1.84 bits per heavy atom. The number of furan rings is 1. The van der Waals surface area contributed by atoms with E-state index >= 15 is 0 Å². The number of nitrogens with one attached hydrogen (secondary N) is 1. The van der Waals surface area contributed by atoms with E-state index in [9.17, 15) is 15.2 Å². The standard InChI is InChI=1S/C31H27N3O4/c1-18-13-22(17-32)9-11-25(18)30(23-7-5-4-6-8-23)33-28(35)15-21-10-12-26-24(14-21)16-27(37-26)31(36)29-19(2)34-38-20(29)3/h4-14,16,30-31,36H,15H2,1-3H3,(H,33,35)/t30?,31-/m1/s1. The molecule has 0 saturated heterocycles. The van der Waals surface area contributed by atoms with E-state index in [1.807, 2.05) is 61.5 Å². The summed E-state index contributed by atoms with van der Waals surface area (Å²) in [7, 11) is 0. The minimum absolute atomic E-state index is 0.138. The number of fused-ring (bicyclic) bond motifs is 1. The number of aliphatic hydroxyl groups is 1. The minimum atomic E-state index is -0.998. The van der Waals surface area contributed by atoms with Crippen molar-refractivity contribution in [2.75, 3.05) is 0 Å². The molecule has 0 aliphatic rings. The van der Waals surface area contributed by atoms with E-state index in [1.54, 1.807) is 32.0 Å². The van der Waals surface area contributed by atoms with Gasteiger partial charge >= 0.3 is 0 Å². The van der Waals surface area contributed by atoms with Gasteiger partial charge in [-0.15, -0.1) is 0 Å². The summed E-state index contributed by atoms with van der Waals surface area (Å²) in [6, 6.07) is 24.4. The van der Waals surface area contributed by atoms with Crippen LogP contribution in [0, 0.1) is 32.1 Å². The Morgan fingerprint density at radius 3 is 2.53 bits per heavy atom. The molecule has 190 valence electrons. The van der Waals surface area contributed by atoms with Gasteiger partial charge in [0.15, 0.2) is 0 Å². The first-order chi connectivity index (χ1) is 18.3. The van der Waals surface area contributed by atoms with Crippen LogP contribution in [0.1, 0.15) is 62.7 Å². The van der Waals surface area contributed by atoms with Crippen LogP contribution >= 0.6 is 0 Å². The molecule has 7 nitrogen and oxygen atoms in total. The maximum Gasteiger partial charge on any atom is 0.225 e. The van der Waals surface area contributed by atoms with Crippen LogP contribution in [0.5, 0.6) is 0 Å². The first-order valence-electron chi connectivity index (χ1n) is 12.3. The first-order valence-corrected chi connectivity index (χ1v) is 12.3. The number of hydrogen-bond donors (Lipinski definition) is 2. The van der Waals surface area contributed by atoms with Gasteiger partial charge in [-0.25, -0.2) is 0 Å². The second-order valence-corrected chi connectivity index (χ2v) is 9.43. The Balaban J connectivity index is 1.38. The fourth-order valence-electron chi connectivity index (χ4n) is 4.83. The third-order valence-electron chi connectivity index (χ3n) is 6.74. The zero-order chi connectivity index (χ0) is 26.8. The summed E-state index contributed by atoms with van der Waals surface area (Å²) in [6.07, 6.45) is -0.829. The summed E-state index contributed by atoms with van der Waals surface area (Å²) >= 11 is 0. The molecule has 2 aromatic heterocycles. The Morgan fingerprint density at radius 1 is 1.05 bits per heavy atom. The Kier molecular flexibility index (Phi) is 6.82. The van der Waals surface area contributed by atoms with Gasteiger partial charge in [-0.2, -0.15) is 5.26 Å². The number of benzene rings is 3. The van der Waals surface area contributed by atoms with Crippen molar-refractivity contribution >= 4 is 16.9 Å². The fourth-order valence-corrected chi connectivity index (χ4v) is 4.83. The van der Waals surface area contributed by atoms with Crippen molar-refractivity contribution in [3.63, 3.8) is 0 Å². The zero-order valence-corrected chi connectivity index (χ0v) is 21.4. The van der Waals surface area contributed by atoms with Crippen LogP contribution in [0.2, 0.25) is 0 Å². The molecule has 2 heterocycles. The van der Waals surface area contributed by atoms with Crippen LogP contribution in [0.25, 0.3) is 11.0 Å². The highest BCUT2D eigenvalue weighted by Crippen LogP contribution is 2.32. The smallest absolute Gasteiger partial charge is 0.225 e. The SMILES string of the molecule is Cc1cc(C#N)ccc1C(NC(=O)Cc1ccc2oc([C@@H](O)c3c(C)noc3C)cc2c1)c1ccccc1. The Labute approximate surface area is 220 Å². The molecule has 0 fully saturated rings. The van der Waals surface area contributed by atoms with E-state index in [-0.39, 0.29) is 18.4 Å². The highest BCUT2D eigenvalue weighted by molar-refractivity contribution is 5.83. The largest absolute Gasteiger partial charge is 0.458 e. The lowest BCUT2D eigenvalue weighted by Crippen LogP contribution is -2.31. The molecule has 38 heavy (non-hydrogen) atoms. The average molecular weight is 506 g/mol. The summed E-state index contributed by atoms with van der Waals surface area (Å²) in [6.45, 7) is 5.47. The number of nitriles is 1. The molecule has 0 spiro atoms. The van der Waals surface area contributed by atoms with Crippen molar-refractivity contribution in [3.8, 4) is 6.07 Å². The van der Waals surface area contributed by atoms with Crippen LogP contribution in [0.4, 0.5) is 0 Å². The Hall–Kier alpha value is -4.67. The van der Waals surface area contributed by atoms with Gasteiger partial charge < -0.3 is 19.4 Å². The van der Waals surface area contributed by atoms with E-state index in [0.717, 1.165) is 27.6 Å². The molecular formula is C31H27N3O4. The molecule has 0 bridgehead atoms. The number of aryl methyl sites for hydroxylation is 3. The number of rotatable bonds is 7. The predicted octanol–water partition coefficient (Wildman–Crippen LogP) is 5.75. The van der Waals surface area contributed by atoms with Crippen molar-refractivity contribution in [2.45, 2.75) is 39.3 Å². The van der Waals surface area contributed by atoms with E-state index in [4.69, 9.17) is 8.94 Å². The van der Waals surface area contributed by atoms with Gasteiger partial charge in [0.1, 0.15) is 23.2 Å². The van der Waals surface area contributed by atoms with E-state index < -0.39 is 6.10 Å². The van der Waals surface area contributed by atoms with Gasteiger partial charge in [0, 0.05) is 5.39 Å². The number of carbonyl (C=O) groups excluding carboxylic acids is 1. The first kappa shape index (κ1) is 25.0. The normalized spacial score (nSPS) is 12.7. The van der Waals surface area contributed by atoms with Gasteiger partial charge in [-0.3, -0.25) is 4.79 Å². The number of aromatic nitrogens is 1. The van der Waals surface area contributed by atoms with Crippen LogP contribution in [-0.2, 0) is 11.2 Å². The molecule has 2 atom stereocenters. The molecule has 0 aliphatic carbocycles.